The summed E-state index contributed by atoms with van der Waals surface area (Å²) in [6.45, 7) is 6.44. The number of hydrogen-bond donors (Lipinski definition) is 12. The van der Waals surface area contributed by atoms with Gasteiger partial charge in [0.1, 0.15) is 30.2 Å². The lowest BCUT2D eigenvalue weighted by Crippen LogP contribution is -2.59. The molecule has 1 rings (SSSR count). The summed E-state index contributed by atoms with van der Waals surface area (Å²) in [7, 11) is 0. The molecule has 5 amide bonds. The van der Waals surface area contributed by atoms with Crippen LogP contribution in [0, 0.1) is 5.92 Å². The first-order valence-electron chi connectivity index (χ1n) is 17.8. The number of guanidine groups is 2. The second-order valence-corrected chi connectivity index (χ2v) is 13.3. The minimum absolute atomic E-state index is 0.0464. The molecule has 17 N–H and O–H groups in total. The van der Waals surface area contributed by atoms with Crippen molar-refractivity contribution in [3.05, 3.63) is 0 Å². The van der Waals surface area contributed by atoms with Gasteiger partial charge in [0, 0.05) is 13.1 Å². The van der Waals surface area contributed by atoms with Crippen molar-refractivity contribution >= 4 is 47.4 Å². The zero-order valence-electron chi connectivity index (χ0n) is 30.6. The first-order valence-corrected chi connectivity index (χ1v) is 17.8. The highest BCUT2D eigenvalue weighted by Gasteiger charge is 2.32. The van der Waals surface area contributed by atoms with Crippen molar-refractivity contribution in [1.82, 2.24) is 31.9 Å². The van der Waals surface area contributed by atoms with Crippen molar-refractivity contribution in [3.63, 3.8) is 0 Å². The molecule has 0 aliphatic carbocycles. The Labute approximate surface area is 305 Å². The second-order valence-electron chi connectivity index (χ2n) is 13.3. The van der Waals surface area contributed by atoms with Gasteiger partial charge in [0.2, 0.25) is 29.5 Å². The van der Waals surface area contributed by atoms with E-state index in [9.17, 15) is 33.9 Å². The fourth-order valence-corrected chi connectivity index (χ4v) is 5.40. The minimum Gasteiger partial charge on any atom is -0.480 e. The monoisotopic (exact) mass is 739 g/mol. The molecule has 1 aliphatic heterocycles. The molecule has 0 radical (unpaired) electrons. The molecule has 0 unspecified atom stereocenters. The lowest BCUT2D eigenvalue weighted by Gasteiger charge is -2.27. The Kier molecular flexibility index (Phi) is 21.3. The van der Waals surface area contributed by atoms with Crippen LogP contribution in [-0.4, -0.2) is 115 Å². The maximum atomic E-state index is 13.8. The number of carbonyl (C=O) groups excluding carboxylic acids is 5. The van der Waals surface area contributed by atoms with Crippen LogP contribution in [0.25, 0.3) is 0 Å². The molecule has 0 aromatic heterocycles. The fraction of sp³-hybridized carbons (Fsp3) is 0.750. The smallest absolute Gasteiger partial charge is 0.326 e. The molecular weight excluding hydrogens is 678 g/mol. The number of nitrogens with two attached hydrogens (primary N) is 5. The van der Waals surface area contributed by atoms with Crippen molar-refractivity contribution in [3.8, 4) is 0 Å². The van der Waals surface area contributed by atoms with Crippen LogP contribution in [0.2, 0.25) is 0 Å². The van der Waals surface area contributed by atoms with E-state index in [1.807, 2.05) is 13.8 Å². The Balaban J connectivity index is 3.23. The fourth-order valence-electron chi connectivity index (χ4n) is 5.40. The van der Waals surface area contributed by atoms with Crippen molar-refractivity contribution in [2.75, 3.05) is 26.2 Å². The number of amides is 5. The molecule has 20 nitrogen and oxygen atoms in total. The number of carboxylic acids is 1. The Hall–Kier alpha value is -4.72. The van der Waals surface area contributed by atoms with Crippen LogP contribution in [0.15, 0.2) is 9.98 Å². The largest absolute Gasteiger partial charge is 0.480 e. The van der Waals surface area contributed by atoms with Crippen LogP contribution in [0.4, 0.5) is 0 Å². The number of carbonyl (C=O) groups is 6. The third-order valence-electron chi connectivity index (χ3n) is 8.19. The maximum absolute atomic E-state index is 13.8. The highest BCUT2D eigenvalue weighted by molar-refractivity contribution is 5.96. The van der Waals surface area contributed by atoms with Crippen molar-refractivity contribution in [2.45, 2.75) is 121 Å². The van der Waals surface area contributed by atoms with E-state index in [-0.39, 0.29) is 75.4 Å². The predicted octanol–water partition coefficient (Wildman–Crippen LogP) is -3.45. The van der Waals surface area contributed by atoms with Crippen LogP contribution < -0.4 is 60.6 Å². The molecule has 296 valence electrons. The lowest BCUT2D eigenvalue weighted by atomic mass is 10.0. The van der Waals surface area contributed by atoms with E-state index in [1.54, 1.807) is 0 Å². The highest BCUT2D eigenvalue weighted by Crippen LogP contribution is 2.10. The summed E-state index contributed by atoms with van der Waals surface area (Å²) >= 11 is 0. The molecule has 0 bridgehead atoms. The van der Waals surface area contributed by atoms with Gasteiger partial charge >= 0.3 is 5.97 Å². The summed E-state index contributed by atoms with van der Waals surface area (Å²) in [6.07, 6.45) is 3.41. The first-order chi connectivity index (χ1) is 24.5. The Morgan fingerprint density at radius 3 is 1.56 bits per heavy atom. The van der Waals surface area contributed by atoms with Gasteiger partial charge in [-0.3, -0.25) is 34.0 Å². The van der Waals surface area contributed by atoms with Gasteiger partial charge in [-0.05, 0) is 90.1 Å². The second kappa shape index (κ2) is 24.5. The average Bonchev–Trinajstić information content (AvgIpc) is 3.61. The number of carboxylic acid groups (broad SMARTS) is 1. The third kappa shape index (κ3) is 18.5. The number of aliphatic imine (C=N–C) groups is 2. The number of unbranched alkanes of at least 4 members (excludes halogenated alkanes) is 1. The van der Waals surface area contributed by atoms with Crippen LogP contribution in [0.3, 0.4) is 0 Å². The zero-order valence-corrected chi connectivity index (χ0v) is 30.6. The zero-order chi connectivity index (χ0) is 39.2. The third-order valence-corrected chi connectivity index (χ3v) is 8.19. The molecule has 6 atom stereocenters. The Bertz CT molecular complexity index is 1230. The van der Waals surface area contributed by atoms with E-state index >= 15 is 0 Å². The molecule has 20 heteroatoms. The number of nitrogens with zero attached hydrogens (tertiary/aromatic N) is 2. The van der Waals surface area contributed by atoms with Gasteiger partial charge in [-0.15, -0.1) is 0 Å². The molecule has 1 heterocycles. The maximum Gasteiger partial charge on any atom is 0.326 e. The number of aliphatic carboxylic acids is 1. The first kappa shape index (κ1) is 45.3. The van der Waals surface area contributed by atoms with Gasteiger partial charge < -0.3 is 65.7 Å². The standard InChI is InChI=1S/C32H61N13O7/c1-18(2)17-24(30(51)52)45-29(50)23(12-8-16-40-32(36)37)44-27(48)21(9-4-5-13-33)43-28(49)22(11-7-15-39-31(34)35)42-25(46)19(3)41-26(47)20-10-6-14-38-20/h18-24,38H,4-17,33H2,1-3H3,(H,41,47)(H,42,46)(H,43,49)(H,44,48)(H,45,50)(H,51,52)(H4,34,35,39)(H4,36,37,40)/t19-,20-,21-,22-,23-,24-/m0/s1. The minimum atomic E-state index is -1.23. The van der Waals surface area contributed by atoms with E-state index < -0.39 is 65.8 Å². The number of hydrogen-bond acceptors (Lipinski definition) is 10. The van der Waals surface area contributed by atoms with E-state index in [0.29, 0.717) is 32.4 Å². The van der Waals surface area contributed by atoms with E-state index in [2.05, 4.69) is 41.9 Å². The molecule has 52 heavy (non-hydrogen) atoms. The van der Waals surface area contributed by atoms with Crippen LogP contribution in [0.5, 0.6) is 0 Å². The SMILES string of the molecule is CC(C)C[C@H](NC(=O)[C@H](CCCN=C(N)N)NC(=O)[C@H](CCCCN)NC(=O)[C@H](CCCN=C(N)N)NC(=O)[C@H](C)NC(=O)[C@@H]1CCCN1)C(=O)O. The number of nitrogens with one attached hydrogen (secondary N) is 6. The summed E-state index contributed by atoms with van der Waals surface area (Å²) in [5, 5.41) is 25.9. The van der Waals surface area contributed by atoms with Gasteiger partial charge in [-0.25, -0.2) is 4.79 Å². The molecule has 0 aromatic rings. The quantitative estimate of drug-likeness (QED) is 0.0247. The van der Waals surface area contributed by atoms with Gasteiger partial charge in [0.05, 0.1) is 6.04 Å². The summed E-state index contributed by atoms with van der Waals surface area (Å²) in [4.78, 5) is 86.3. The molecule has 1 fully saturated rings. The van der Waals surface area contributed by atoms with Crippen LogP contribution in [-0.2, 0) is 28.8 Å². The van der Waals surface area contributed by atoms with Crippen LogP contribution >= 0.6 is 0 Å². The highest BCUT2D eigenvalue weighted by atomic mass is 16.4. The van der Waals surface area contributed by atoms with Gasteiger partial charge in [-0.1, -0.05) is 13.8 Å². The molecule has 1 aliphatic rings. The summed E-state index contributed by atoms with van der Waals surface area (Å²) in [5.41, 5.74) is 27.3. The molecule has 1 saturated heterocycles. The summed E-state index contributed by atoms with van der Waals surface area (Å²) in [6, 6.07) is -6.10. The molecular formula is C32H61N13O7. The van der Waals surface area contributed by atoms with Gasteiger partial charge in [0.15, 0.2) is 11.9 Å². The van der Waals surface area contributed by atoms with Gasteiger partial charge in [-0.2, -0.15) is 0 Å². The molecule has 0 aromatic carbocycles. The van der Waals surface area contributed by atoms with Crippen molar-refractivity contribution in [1.29, 1.82) is 0 Å². The Morgan fingerprint density at radius 1 is 0.692 bits per heavy atom. The molecule has 0 saturated carbocycles. The van der Waals surface area contributed by atoms with Crippen molar-refractivity contribution < 1.29 is 33.9 Å². The summed E-state index contributed by atoms with van der Waals surface area (Å²) in [5.74, 6) is -4.66. The Morgan fingerprint density at radius 2 is 1.15 bits per heavy atom. The van der Waals surface area contributed by atoms with Crippen LogP contribution in [0.1, 0.15) is 85.0 Å². The molecule has 0 spiro atoms. The average molecular weight is 740 g/mol. The van der Waals surface area contributed by atoms with Gasteiger partial charge in [0.25, 0.3) is 0 Å². The summed E-state index contributed by atoms with van der Waals surface area (Å²) < 4.78 is 0. The number of rotatable bonds is 25. The normalized spacial score (nSPS) is 16.7. The van der Waals surface area contributed by atoms with E-state index in [0.717, 1.165) is 6.42 Å². The van der Waals surface area contributed by atoms with E-state index in [4.69, 9.17) is 28.7 Å². The van der Waals surface area contributed by atoms with Crippen molar-refractivity contribution in [2.24, 2.45) is 44.6 Å². The van der Waals surface area contributed by atoms with E-state index in [1.165, 1.54) is 6.92 Å². The predicted molar refractivity (Wildman–Crippen MR) is 196 cm³/mol. The lowest BCUT2D eigenvalue weighted by molar-refractivity contribution is -0.143. The topological polar surface area (TPSA) is 350 Å².